The zero-order chi connectivity index (χ0) is 23.4. The number of carbonyl (C=O) groups is 1. The molecule has 1 aromatic carbocycles. The van der Waals surface area contributed by atoms with Crippen molar-refractivity contribution in [3.05, 3.63) is 28.8 Å². The van der Waals surface area contributed by atoms with Crippen molar-refractivity contribution in [3.8, 4) is 0 Å². The van der Waals surface area contributed by atoms with Gasteiger partial charge in [-0.15, -0.1) is 0 Å². The van der Waals surface area contributed by atoms with E-state index < -0.39 is 11.4 Å². The summed E-state index contributed by atoms with van der Waals surface area (Å²) >= 11 is -1.09. The second-order valence-electron chi connectivity index (χ2n) is 11.3. The van der Waals surface area contributed by atoms with Crippen LogP contribution in [0.3, 0.4) is 0 Å². The Balaban J connectivity index is 1.57. The van der Waals surface area contributed by atoms with Gasteiger partial charge >= 0.3 is 0 Å². The smallest absolute Gasteiger partial charge is 0.278 e. The molecule has 1 N–H and O–H groups in total. The van der Waals surface area contributed by atoms with Gasteiger partial charge in [0, 0.05) is 29.3 Å². The third kappa shape index (κ3) is 4.20. The maximum atomic E-state index is 13.1. The first-order valence-corrected chi connectivity index (χ1v) is 13.1. The Morgan fingerprint density at radius 3 is 2.47 bits per heavy atom. The fourth-order valence-electron chi connectivity index (χ4n) is 6.48. The molecule has 6 heteroatoms. The van der Waals surface area contributed by atoms with E-state index in [-0.39, 0.29) is 28.9 Å². The van der Waals surface area contributed by atoms with E-state index in [2.05, 4.69) is 30.1 Å². The van der Waals surface area contributed by atoms with Gasteiger partial charge in [0.1, 0.15) is 0 Å². The first-order chi connectivity index (χ1) is 14.9. The van der Waals surface area contributed by atoms with Gasteiger partial charge in [0.2, 0.25) is 4.90 Å². The number of ether oxygens (including phenoxy) is 1. The van der Waals surface area contributed by atoms with Crippen molar-refractivity contribution in [3.63, 3.8) is 0 Å². The number of rotatable bonds is 4. The number of carbonyl (C=O) groups excluding carboxylic acids is 1. The maximum absolute atomic E-state index is 13.1. The van der Waals surface area contributed by atoms with E-state index >= 15 is 0 Å². The number of fused-ring (bicyclic) bond motifs is 2. The number of hydrogen-bond acceptors (Lipinski definition) is 4. The Morgan fingerprint density at radius 1 is 1.22 bits per heavy atom. The van der Waals surface area contributed by atoms with Crippen molar-refractivity contribution in [2.75, 3.05) is 13.1 Å². The summed E-state index contributed by atoms with van der Waals surface area (Å²) in [6, 6.07) is 3.76. The number of aryl methyl sites for hydroxylation is 1. The average Bonchev–Trinajstić information content (AvgIpc) is 3.19. The Kier molecular flexibility index (Phi) is 6.38. The van der Waals surface area contributed by atoms with Crippen LogP contribution in [0.25, 0.3) is 0 Å². The predicted molar refractivity (Wildman–Crippen MR) is 131 cm³/mol. The molecule has 0 radical (unpaired) electrons. The molecule has 3 aliphatic rings. The molecule has 1 aliphatic heterocycles. The molecular weight excluding hydrogens is 420 g/mol. The molecule has 5 nitrogen and oxygen atoms in total. The van der Waals surface area contributed by atoms with Crippen LogP contribution in [-0.4, -0.2) is 46.3 Å². The normalized spacial score (nSPS) is 35.5. The van der Waals surface area contributed by atoms with Crippen LogP contribution in [0.2, 0.25) is 0 Å². The van der Waals surface area contributed by atoms with Crippen LogP contribution >= 0.6 is 0 Å². The Morgan fingerprint density at radius 2 is 1.88 bits per heavy atom. The molecule has 1 aromatic rings. The van der Waals surface area contributed by atoms with Gasteiger partial charge in [0.15, 0.2) is 0 Å². The summed E-state index contributed by atoms with van der Waals surface area (Å²) in [7, 11) is 0. The van der Waals surface area contributed by atoms with Crippen molar-refractivity contribution >= 4 is 23.5 Å². The molecule has 2 bridgehead atoms. The molecule has 4 rings (SSSR count). The van der Waals surface area contributed by atoms with Gasteiger partial charge < -0.3 is 4.74 Å². The third-order valence-electron chi connectivity index (χ3n) is 8.42. The lowest BCUT2D eigenvalue weighted by atomic mass is 9.64. The standard InChI is InChI=1S/C26H39N2O3S/c1-16-10-20(11-22(19(16)4)32(30)28-14-17(2)31-18(3)15-28)24(29)27-13-23-25(5,6)21-8-9-26(23,7)12-21/h10-11,13,17-18,21,23,30H,8-9,12,14-15H2,1-7H3/q+1/t17?,18?,21-,23?,26-,32?/m1/s1. The van der Waals surface area contributed by atoms with Crippen LogP contribution in [0.1, 0.15) is 75.4 Å². The minimum absolute atomic E-state index is 0.0724. The van der Waals surface area contributed by atoms with Gasteiger partial charge in [0.25, 0.3) is 17.3 Å². The van der Waals surface area contributed by atoms with Crippen molar-refractivity contribution in [1.29, 1.82) is 0 Å². The summed E-state index contributed by atoms with van der Waals surface area (Å²) in [5.41, 5.74) is 3.05. The summed E-state index contributed by atoms with van der Waals surface area (Å²) in [5.74, 6) is 0.840. The molecular formula is C26H39N2O3S+. The minimum atomic E-state index is -1.09. The first-order valence-electron chi connectivity index (χ1n) is 12.0. The Bertz CT molecular complexity index is 915. The summed E-state index contributed by atoms with van der Waals surface area (Å²) in [4.78, 5) is 18.4. The largest absolute Gasteiger partial charge is 0.373 e. The van der Waals surface area contributed by atoms with E-state index in [1.807, 2.05) is 46.0 Å². The van der Waals surface area contributed by atoms with Crippen LogP contribution in [0, 0.1) is 36.5 Å². The molecule has 3 fully saturated rings. The summed E-state index contributed by atoms with van der Waals surface area (Å²) in [6.45, 7) is 16.5. The number of hydrogen-bond donors (Lipinski definition) is 1. The Hall–Kier alpha value is -1.21. The zero-order valence-electron chi connectivity index (χ0n) is 20.6. The van der Waals surface area contributed by atoms with Crippen LogP contribution < -0.4 is 0 Å². The van der Waals surface area contributed by atoms with Gasteiger partial charge in [-0.05, 0) is 75.3 Å². The first kappa shape index (κ1) is 23.9. The fraction of sp³-hybridized carbons (Fsp3) is 0.692. The van der Waals surface area contributed by atoms with Crippen LogP contribution in [0.4, 0.5) is 0 Å². The highest BCUT2D eigenvalue weighted by molar-refractivity contribution is 7.89. The molecule has 32 heavy (non-hydrogen) atoms. The Labute approximate surface area is 196 Å². The van der Waals surface area contributed by atoms with E-state index in [0.29, 0.717) is 24.6 Å². The number of morpholine rings is 1. The summed E-state index contributed by atoms with van der Waals surface area (Å²) in [5, 5.41) is 0. The highest BCUT2D eigenvalue weighted by atomic mass is 32.2. The number of amides is 1. The van der Waals surface area contributed by atoms with Crippen molar-refractivity contribution in [2.24, 2.45) is 27.7 Å². The van der Waals surface area contributed by atoms with Gasteiger partial charge in [-0.3, -0.25) is 4.79 Å². The molecule has 0 aromatic heterocycles. The molecule has 6 atom stereocenters. The van der Waals surface area contributed by atoms with E-state index in [1.165, 1.54) is 19.3 Å². The number of benzene rings is 1. The monoisotopic (exact) mass is 459 g/mol. The van der Waals surface area contributed by atoms with E-state index in [4.69, 9.17) is 4.74 Å². The summed E-state index contributed by atoms with van der Waals surface area (Å²) in [6.07, 6.45) is 5.85. The highest BCUT2D eigenvalue weighted by Crippen LogP contribution is 2.65. The lowest BCUT2D eigenvalue weighted by molar-refractivity contribution is -0.0439. The van der Waals surface area contributed by atoms with Crippen LogP contribution in [0.15, 0.2) is 22.0 Å². The molecule has 0 spiro atoms. The van der Waals surface area contributed by atoms with Gasteiger partial charge in [-0.2, -0.15) is 4.55 Å². The van der Waals surface area contributed by atoms with Gasteiger partial charge in [0.05, 0.1) is 25.3 Å². The van der Waals surface area contributed by atoms with Crippen molar-refractivity contribution in [2.45, 2.75) is 84.8 Å². The van der Waals surface area contributed by atoms with Gasteiger partial charge in [-0.25, -0.2) is 4.99 Å². The zero-order valence-corrected chi connectivity index (χ0v) is 21.5. The molecule has 4 unspecified atom stereocenters. The predicted octanol–water partition coefficient (Wildman–Crippen LogP) is 5.45. The van der Waals surface area contributed by atoms with Crippen molar-refractivity contribution < 1.29 is 14.1 Å². The maximum Gasteiger partial charge on any atom is 0.278 e. The molecule has 1 amide bonds. The SMILES string of the molecule is Cc1cc(C(=O)N=CC2C(C)(C)[C@@H]3CC[C@]2(C)C3)cc([S+](O)N2CC(C)OC(C)C2)c1C. The molecule has 2 aliphatic carbocycles. The van der Waals surface area contributed by atoms with Crippen LogP contribution in [0.5, 0.6) is 0 Å². The quantitative estimate of drug-likeness (QED) is 0.480. The van der Waals surface area contributed by atoms with Crippen LogP contribution in [-0.2, 0) is 16.1 Å². The minimum Gasteiger partial charge on any atom is -0.373 e. The van der Waals surface area contributed by atoms with Gasteiger partial charge in [-0.1, -0.05) is 25.1 Å². The lowest BCUT2D eigenvalue weighted by Crippen LogP contribution is -2.48. The lowest BCUT2D eigenvalue weighted by Gasteiger charge is -2.40. The van der Waals surface area contributed by atoms with E-state index in [1.54, 1.807) is 0 Å². The summed E-state index contributed by atoms with van der Waals surface area (Å²) < 4.78 is 19.1. The second kappa shape index (κ2) is 8.53. The molecule has 1 heterocycles. The topological polar surface area (TPSA) is 62.1 Å². The number of nitrogens with zero attached hydrogens (tertiary/aromatic N) is 2. The fourth-order valence-corrected chi connectivity index (χ4v) is 8.13. The number of aliphatic imine (C=N–C) groups is 1. The molecule has 2 saturated carbocycles. The average molecular weight is 460 g/mol. The third-order valence-corrected chi connectivity index (χ3v) is 10.0. The highest BCUT2D eigenvalue weighted by Gasteiger charge is 2.58. The molecule has 1 saturated heterocycles. The van der Waals surface area contributed by atoms with Crippen molar-refractivity contribution in [1.82, 2.24) is 4.31 Å². The second-order valence-corrected chi connectivity index (χ2v) is 12.7. The van der Waals surface area contributed by atoms with E-state index in [0.717, 1.165) is 21.9 Å². The molecule has 176 valence electrons. The van der Waals surface area contributed by atoms with E-state index in [9.17, 15) is 9.35 Å².